The van der Waals surface area contributed by atoms with Crippen LogP contribution in [-0.4, -0.2) is 30.8 Å². The highest BCUT2D eigenvalue weighted by Crippen LogP contribution is 2.19. The molecule has 0 aliphatic rings. The number of hydrogen-bond acceptors (Lipinski definition) is 2. The minimum atomic E-state index is -0.189. The third-order valence-electron chi connectivity index (χ3n) is 3.95. The van der Waals surface area contributed by atoms with Crippen molar-refractivity contribution in [2.24, 2.45) is 0 Å². The summed E-state index contributed by atoms with van der Waals surface area (Å²) in [6.07, 6.45) is 2.64. The molecule has 25 heavy (non-hydrogen) atoms. The van der Waals surface area contributed by atoms with E-state index < -0.39 is 0 Å². The molecule has 2 amide bonds. The number of rotatable bonds is 6. The molecular weight excluding hydrogens is 312 g/mol. The summed E-state index contributed by atoms with van der Waals surface area (Å²) in [5.41, 5.74) is 3.49. The number of likely N-dealkylation sites (N-methyl/N-ethyl adjacent to an activating group) is 1. The van der Waals surface area contributed by atoms with Crippen LogP contribution in [0.15, 0.2) is 60.7 Å². The molecule has 0 aliphatic carbocycles. The van der Waals surface area contributed by atoms with E-state index in [0.717, 1.165) is 23.1 Å². The van der Waals surface area contributed by atoms with Crippen molar-refractivity contribution in [3.8, 4) is 0 Å². The number of hydrogen-bond donors (Lipinski definition) is 1. The van der Waals surface area contributed by atoms with E-state index in [9.17, 15) is 9.59 Å². The number of anilines is 1. The van der Waals surface area contributed by atoms with Crippen molar-refractivity contribution in [1.82, 2.24) is 4.90 Å². The number of nitrogens with one attached hydrogen (secondary N) is 1. The zero-order valence-electron chi connectivity index (χ0n) is 15.0. The molecule has 0 atom stereocenters. The van der Waals surface area contributed by atoms with Gasteiger partial charge in [-0.3, -0.25) is 9.59 Å². The topological polar surface area (TPSA) is 49.4 Å². The molecule has 4 nitrogen and oxygen atoms in total. The Hall–Kier alpha value is -2.88. The lowest BCUT2D eigenvalue weighted by Gasteiger charge is -2.13. The first-order valence-electron chi connectivity index (χ1n) is 8.36. The summed E-state index contributed by atoms with van der Waals surface area (Å²) in [6.45, 7) is 2.02. The molecule has 0 spiro atoms. The Bertz CT molecular complexity index is 764. The van der Waals surface area contributed by atoms with Gasteiger partial charge >= 0.3 is 0 Å². The molecule has 4 heteroatoms. The Kier molecular flexibility index (Phi) is 6.52. The van der Waals surface area contributed by atoms with Gasteiger partial charge in [0.05, 0.1) is 6.42 Å². The van der Waals surface area contributed by atoms with Gasteiger partial charge in [0.25, 0.3) is 0 Å². The SMILES string of the molecule is CCC(=CC(=O)Nc1ccccc1CC(=O)N(C)C)c1ccccc1. The highest BCUT2D eigenvalue weighted by Gasteiger charge is 2.11. The molecule has 2 rings (SSSR count). The lowest BCUT2D eigenvalue weighted by Crippen LogP contribution is -2.24. The highest BCUT2D eigenvalue weighted by atomic mass is 16.2. The van der Waals surface area contributed by atoms with E-state index in [1.165, 1.54) is 0 Å². The summed E-state index contributed by atoms with van der Waals surface area (Å²) < 4.78 is 0. The van der Waals surface area contributed by atoms with Gasteiger partial charge in [-0.25, -0.2) is 0 Å². The van der Waals surface area contributed by atoms with E-state index in [-0.39, 0.29) is 18.2 Å². The quantitative estimate of drug-likeness (QED) is 0.817. The van der Waals surface area contributed by atoms with Gasteiger partial charge in [0, 0.05) is 25.9 Å². The summed E-state index contributed by atoms with van der Waals surface area (Å²) in [6, 6.07) is 17.2. The molecule has 0 fully saturated rings. The molecule has 0 saturated carbocycles. The van der Waals surface area contributed by atoms with E-state index in [0.29, 0.717) is 5.69 Å². The molecular formula is C21H24N2O2. The largest absolute Gasteiger partial charge is 0.349 e. The molecule has 130 valence electrons. The maximum Gasteiger partial charge on any atom is 0.248 e. The molecule has 0 aromatic heterocycles. The van der Waals surface area contributed by atoms with Crippen molar-refractivity contribution in [3.05, 3.63) is 71.8 Å². The number of amides is 2. The van der Waals surface area contributed by atoms with E-state index >= 15 is 0 Å². The summed E-state index contributed by atoms with van der Waals surface area (Å²) in [4.78, 5) is 25.9. The standard InChI is InChI=1S/C21H24N2O2/c1-4-16(17-10-6-5-7-11-17)14-20(24)22-19-13-9-8-12-18(19)15-21(25)23(2)3/h5-14H,4,15H2,1-3H3,(H,22,24). The second kappa shape index (κ2) is 8.83. The van der Waals surface area contributed by atoms with Gasteiger partial charge in [0.1, 0.15) is 0 Å². The zero-order chi connectivity index (χ0) is 18.2. The minimum Gasteiger partial charge on any atom is -0.349 e. The second-order valence-electron chi connectivity index (χ2n) is 6.00. The number of benzene rings is 2. The fourth-order valence-corrected chi connectivity index (χ4v) is 2.49. The van der Waals surface area contributed by atoms with Crippen molar-refractivity contribution < 1.29 is 9.59 Å². The molecule has 2 aromatic carbocycles. The van der Waals surface area contributed by atoms with Crippen LogP contribution in [0.4, 0.5) is 5.69 Å². The smallest absolute Gasteiger partial charge is 0.248 e. The van der Waals surface area contributed by atoms with Crippen LogP contribution in [0.5, 0.6) is 0 Å². The van der Waals surface area contributed by atoms with Gasteiger partial charge < -0.3 is 10.2 Å². The van der Waals surface area contributed by atoms with Crippen LogP contribution in [0.2, 0.25) is 0 Å². The summed E-state index contributed by atoms with van der Waals surface area (Å²) in [5.74, 6) is -0.193. The molecule has 0 saturated heterocycles. The predicted octanol–water partition coefficient (Wildman–Crippen LogP) is 3.75. The van der Waals surface area contributed by atoms with Crippen LogP contribution in [0.25, 0.3) is 5.57 Å². The first-order chi connectivity index (χ1) is 12.0. The summed E-state index contributed by atoms with van der Waals surface area (Å²) in [7, 11) is 3.44. The summed E-state index contributed by atoms with van der Waals surface area (Å²) >= 11 is 0. The van der Waals surface area contributed by atoms with Crippen LogP contribution in [0.1, 0.15) is 24.5 Å². The van der Waals surface area contributed by atoms with E-state index in [1.54, 1.807) is 25.1 Å². The third kappa shape index (κ3) is 5.31. The average molecular weight is 336 g/mol. The number of para-hydroxylation sites is 1. The van der Waals surface area contributed by atoms with Crippen LogP contribution >= 0.6 is 0 Å². The molecule has 0 bridgehead atoms. The van der Waals surface area contributed by atoms with Crippen LogP contribution in [0.3, 0.4) is 0 Å². The molecule has 0 unspecified atom stereocenters. The number of allylic oxidation sites excluding steroid dienone is 1. The van der Waals surface area contributed by atoms with Crippen LogP contribution in [-0.2, 0) is 16.0 Å². The van der Waals surface area contributed by atoms with Crippen LogP contribution < -0.4 is 5.32 Å². The third-order valence-corrected chi connectivity index (χ3v) is 3.95. The molecule has 0 radical (unpaired) electrons. The second-order valence-corrected chi connectivity index (χ2v) is 6.00. The Balaban J connectivity index is 2.18. The number of nitrogens with zero attached hydrogens (tertiary/aromatic N) is 1. The Morgan fingerprint density at radius 2 is 1.64 bits per heavy atom. The van der Waals surface area contributed by atoms with Crippen molar-refractivity contribution in [2.45, 2.75) is 19.8 Å². The normalized spacial score (nSPS) is 11.1. The Morgan fingerprint density at radius 3 is 2.28 bits per heavy atom. The van der Waals surface area contributed by atoms with E-state index in [1.807, 2.05) is 61.5 Å². The molecule has 0 heterocycles. The van der Waals surface area contributed by atoms with Crippen molar-refractivity contribution in [1.29, 1.82) is 0 Å². The van der Waals surface area contributed by atoms with E-state index in [4.69, 9.17) is 0 Å². The van der Waals surface area contributed by atoms with Gasteiger partial charge in [-0.05, 0) is 29.2 Å². The first kappa shape index (κ1) is 18.5. The van der Waals surface area contributed by atoms with Crippen molar-refractivity contribution in [2.75, 3.05) is 19.4 Å². The lowest BCUT2D eigenvalue weighted by atomic mass is 10.0. The Morgan fingerprint density at radius 1 is 1.00 bits per heavy atom. The first-order valence-corrected chi connectivity index (χ1v) is 8.36. The van der Waals surface area contributed by atoms with Crippen molar-refractivity contribution in [3.63, 3.8) is 0 Å². The van der Waals surface area contributed by atoms with Crippen LogP contribution in [0, 0.1) is 0 Å². The number of carbonyl (C=O) groups excluding carboxylic acids is 2. The number of carbonyl (C=O) groups is 2. The fourth-order valence-electron chi connectivity index (χ4n) is 2.49. The molecule has 2 aromatic rings. The van der Waals surface area contributed by atoms with Gasteiger partial charge in [0.2, 0.25) is 11.8 Å². The predicted molar refractivity (Wildman–Crippen MR) is 102 cm³/mol. The monoisotopic (exact) mass is 336 g/mol. The molecule has 0 aliphatic heterocycles. The van der Waals surface area contributed by atoms with Crippen molar-refractivity contribution >= 4 is 23.1 Å². The van der Waals surface area contributed by atoms with Gasteiger partial charge in [-0.1, -0.05) is 55.5 Å². The summed E-state index contributed by atoms with van der Waals surface area (Å²) in [5, 5.41) is 2.90. The minimum absolute atomic E-state index is 0.00391. The fraction of sp³-hybridized carbons (Fsp3) is 0.238. The Labute approximate surface area is 149 Å². The lowest BCUT2D eigenvalue weighted by molar-refractivity contribution is -0.128. The van der Waals surface area contributed by atoms with E-state index in [2.05, 4.69) is 5.32 Å². The maximum atomic E-state index is 12.4. The zero-order valence-corrected chi connectivity index (χ0v) is 15.0. The van der Waals surface area contributed by atoms with Gasteiger partial charge in [-0.15, -0.1) is 0 Å². The van der Waals surface area contributed by atoms with Gasteiger partial charge in [-0.2, -0.15) is 0 Å². The average Bonchev–Trinajstić information content (AvgIpc) is 2.62. The molecule has 1 N–H and O–H groups in total. The van der Waals surface area contributed by atoms with Gasteiger partial charge in [0.15, 0.2) is 0 Å². The maximum absolute atomic E-state index is 12.4. The highest BCUT2D eigenvalue weighted by molar-refractivity contribution is 6.04.